The maximum absolute atomic E-state index is 6.30. The van der Waals surface area contributed by atoms with Crippen LogP contribution in [0.3, 0.4) is 0 Å². The summed E-state index contributed by atoms with van der Waals surface area (Å²) in [5, 5.41) is 18.1. The zero-order valence-corrected chi connectivity index (χ0v) is 94.4. The van der Waals surface area contributed by atoms with E-state index in [0.717, 1.165) is 151 Å². The Morgan fingerprint density at radius 2 is 0.573 bits per heavy atom. The number of aromatic nitrogens is 2. The minimum atomic E-state index is 0.355. The van der Waals surface area contributed by atoms with Crippen molar-refractivity contribution < 1.29 is 28.4 Å². The minimum Gasteiger partial charge on any atom is -0.490 e. The van der Waals surface area contributed by atoms with Gasteiger partial charge in [-0.25, -0.2) is 0 Å². The van der Waals surface area contributed by atoms with E-state index in [1.807, 2.05) is 42.9 Å². The molecule has 18 rings (SSSR count). The predicted molar refractivity (Wildman–Crippen MR) is 629 cm³/mol. The predicted octanol–water partition coefficient (Wildman–Crippen LogP) is 33.2. The van der Waals surface area contributed by atoms with Gasteiger partial charge < -0.3 is 55.0 Å². The van der Waals surface area contributed by atoms with E-state index in [4.69, 9.17) is 28.4 Å². The van der Waals surface area contributed by atoms with Crippen molar-refractivity contribution in [3.8, 4) is 34.5 Å². The number of hydrogen-bond acceptors (Lipinski definition) is 13. The molecule has 0 bridgehead atoms. The second-order valence-corrected chi connectivity index (χ2v) is 46.6. The summed E-state index contributed by atoms with van der Waals surface area (Å²) in [7, 11) is 0. The second kappa shape index (κ2) is 65.3. The van der Waals surface area contributed by atoms with Crippen molar-refractivity contribution in [3.63, 3.8) is 0 Å². The van der Waals surface area contributed by atoms with Crippen LogP contribution in [0.15, 0.2) is 279 Å². The van der Waals surface area contributed by atoms with Crippen LogP contribution in [-0.4, -0.2) is 85.9 Å². The number of hydrogen-bond donors (Lipinski definition) is 5. The lowest BCUT2D eigenvalue weighted by Gasteiger charge is -2.33. The van der Waals surface area contributed by atoms with Crippen LogP contribution >= 0.6 is 0 Å². The highest BCUT2D eigenvalue weighted by atomic mass is 16.5. The molecular weight excluding hydrogens is 1840 g/mol. The number of anilines is 1. The summed E-state index contributed by atoms with van der Waals surface area (Å²) in [6.45, 7) is 38.7. The van der Waals surface area contributed by atoms with Gasteiger partial charge in [0.25, 0.3) is 0 Å². The Morgan fingerprint density at radius 3 is 0.900 bits per heavy atom. The standard InChI is InChI=1S/C25H34O.C23H37NO.2C23H31NO.C22H30N2O.C21H28N2O/c1-19-13-15-22(16-14-19)9-5-8-21(3)23-10-6-12-25(18-23)26-24-11-4-7-20(2)17-24;3*1-18-8-6-12-22(14-18)25-23-13-7-11-21(15-23)19(2)16-24-17-20-9-4-3-5-10-20;1-17-7-5-10-21(13-17)25-22-11-6-8-19(14-22)18(2)15-23-16-20-9-3-4-12-24-20;1-16-5-3-7-20(13-16)24-21-8-4-6-18(14-21)17(2)15-23-19-9-11-22-12-10-19/h4,7,11,13-17,21,23,25H,5-6,8-10,12,18H2,1-3H3;6,8,12,14,19-21,23-24H,3-5,7,9-11,13,15-17H2,1-2H3;2*3-6,8-10,12,14,19,21,23-24H,7,11,13,15-17H2,1-2H3;3-5,7,9-10,12-13,18-19,22-23H,6,8,11,14-16H2,1-2H3;3,5,7,9-13,17-18,21H,4,6,8,14-15H2,1-2H3,(H,22,23)/t21?,23-,25+;3*19?,21-,23+;18?,19-,22+;17?,18-,21+/m000000/s1. The van der Waals surface area contributed by atoms with Crippen molar-refractivity contribution in [3.05, 3.63) is 341 Å². The average Bonchev–Trinajstić information content (AvgIpc) is 0.874. The van der Waals surface area contributed by atoms with Gasteiger partial charge >= 0.3 is 0 Å². The Morgan fingerprint density at radius 1 is 0.260 bits per heavy atom. The molecule has 0 amide bonds. The number of aryl methyl sites for hydroxylation is 8. The normalized spacial score (nSPS) is 22.4. The summed E-state index contributed by atoms with van der Waals surface area (Å²) in [5.74, 6) is 15.9. The molecule has 18 atom stereocenters. The number of benzene rings is 9. The molecule has 13 heteroatoms. The molecule has 2 heterocycles. The van der Waals surface area contributed by atoms with Crippen LogP contribution in [0.4, 0.5) is 5.69 Å². The van der Waals surface area contributed by atoms with Crippen molar-refractivity contribution in [2.24, 2.45) is 76.9 Å². The third-order valence-electron chi connectivity index (χ3n) is 33.5. The van der Waals surface area contributed by atoms with E-state index in [1.165, 1.54) is 268 Å². The van der Waals surface area contributed by atoms with Gasteiger partial charge in [-0.2, -0.15) is 0 Å². The molecule has 13 nitrogen and oxygen atoms in total. The largest absolute Gasteiger partial charge is 0.490 e. The van der Waals surface area contributed by atoms with E-state index < -0.39 is 0 Å². The van der Waals surface area contributed by atoms with Gasteiger partial charge in [-0.05, 0) is 485 Å². The zero-order valence-electron chi connectivity index (χ0n) is 94.4. The summed E-state index contributed by atoms with van der Waals surface area (Å²) < 4.78 is 37.6. The summed E-state index contributed by atoms with van der Waals surface area (Å²) in [4.78, 5) is 8.43. The number of nitrogens with one attached hydrogen (secondary N) is 5. The first-order valence-corrected chi connectivity index (χ1v) is 59.0. The van der Waals surface area contributed by atoms with Gasteiger partial charge in [0, 0.05) is 50.5 Å². The molecule has 6 unspecified atom stereocenters. The SMILES string of the molecule is Cc1ccc(CCCC(C)[C@H]2CCC[C@@H](Oc3cccc(C)c3)C2)cc1.Cc1cccc(O[C@@H]2CCC[C@H](C(C)CNCC3CCCCC3)C2)c1.Cc1cccc(O[C@@H]2CCC[C@H](C(C)CNCc3ccccc3)C2)c1.Cc1cccc(O[C@@H]2CCC[C@H](C(C)CNCc3ccccc3)C2)c1.Cc1cccc(O[C@@H]2CCC[C@H](C(C)CNCc3ccccn3)C2)c1.Cc1cccc(O[C@@H]2CCC[C@H](C(C)CNc3ccncc3)C2)c1. The molecule has 7 saturated carbocycles. The molecule has 0 spiro atoms. The van der Waals surface area contributed by atoms with Crippen LogP contribution in [0.5, 0.6) is 34.5 Å². The highest BCUT2D eigenvalue weighted by molar-refractivity contribution is 5.41. The van der Waals surface area contributed by atoms with Crippen LogP contribution in [0, 0.1) is 125 Å². The first-order chi connectivity index (χ1) is 73.1. The van der Waals surface area contributed by atoms with E-state index in [2.05, 4.69) is 363 Å². The molecule has 0 aliphatic heterocycles. The lowest BCUT2D eigenvalue weighted by atomic mass is 9.77. The van der Waals surface area contributed by atoms with E-state index in [-0.39, 0.29) is 0 Å². The van der Waals surface area contributed by atoms with E-state index in [0.29, 0.717) is 60.3 Å². The quantitative estimate of drug-likeness (QED) is 0.0248. The Kier molecular flexibility index (Phi) is 50.9. The lowest BCUT2D eigenvalue weighted by Crippen LogP contribution is -2.35. The summed E-state index contributed by atoms with van der Waals surface area (Å²) in [5.41, 5.74) is 15.4. The topological polar surface area (TPSA) is 141 Å². The van der Waals surface area contributed by atoms with E-state index >= 15 is 0 Å². The van der Waals surface area contributed by atoms with Gasteiger partial charge in [0.05, 0.1) is 42.3 Å². The highest BCUT2D eigenvalue weighted by Crippen LogP contribution is 2.41. The molecule has 0 radical (unpaired) electrons. The Hall–Kier alpha value is -10.3. The fourth-order valence-electron chi connectivity index (χ4n) is 24.2. The molecular formula is C137H191N7O6. The monoisotopic (exact) mass is 2030 g/mol. The van der Waals surface area contributed by atoms with Crippen LogP contribution < -0.4 is 55.0 Å². The third kappa shape index (κ3) is 43.7. The van der Waals surface area contributed by atoms with Crippen LogP contribution in [0.2, 0.25) is 0 Å². The van der Waals surface area contributed by atoms with Crippen LogP contribution in [-0.2, 0) is 26.1 Å². The van der Waals surface area contributed by atoms with Gasteiger partial charge in [0.1, 0.15) is 34.5 Å². The molecule has 7 aliphatic carbocycles. The molecule has 2 aromatic heterocycles. The van der Waals surface area contributed by atoms with Crippen molar-refractivity contribution in [2.45, 2.75) is 352 Å². The summed E-state index contributed by atoms with van der Waals surface area (Å²) >= 11 is 0. The maximum atomic E-state index is 6.30. The van der Waals surface area contributed by atoms with Crippen molar-refractivity contribution in [1.82, 2.24) is 31.2 Å². The summed E-state index contributed by atoms with van der Waals surface area (Å²) in [6, 6.07) is 91.1. The molecule has 7 fully saturated rings. The fraction of sp³-hybridized carbons (Fsp3) is 0.533. The number of nitrogens with zero attached hydrogens (tertiary/aromatic N) is 2. The van der Waals surface area contributed by atoms with Crippen molar-refractivity contribution in [2.75, 3.05) is 44.6 Å². The Bertz CT molecular complexity index is 5200. The third-order valence-corrected chi connectivity index (χ3v) is 33.5. The number of pyridine rings is 2. The second-order valence-electron chi connectivity index (χ2n) is 46.6. The molecule has 11 aromatic rings. The molecule has 5 N–H and O–H groups in total. The first-order valence-electron chi connectivity index (χ1n) is 59.0. The van der Waals surface area contributed by atoms with E-state index in [1.54, 1.807) is 0 Å². The number of rotatable bonds is 41. The molecule has 7 aliphatic rings. The average molecular weight is 2030 g/mol. The molecule has 150 heavy (non-hydrogen) atoms. The molecule has 0 saturated heterocycles. The van der Waals surface area contributed by atoms with Crippen LogP contribution in [0.25, 0.3) is 0 Å². The minimum absolute atomic E-state index is 0.355. The fourth-order valence-corrected chi connectivity index (χ4v) is 24.2. The molecule has 810 valence electrons. The Labute approximate surface area is 908 Å². The summed E-state index contributed by atoms with van der Waals surface area (Å²) in [6.07, 6.45) is 48.9. The highest BCUT2D eigenvalue weighted by Gasteiger charge is 2.34. The van der Waals surface area contributed by atoms with Gasteiger partial charge in [0.15, 0.2) is 0 Å². The molecule has 9 aromatic carbocycles. The van der Waals surface area contributed by atoms with Crippen LogP contribution in [0.1, 0.15) is 302 Å². The number of ether oxygens (including phenoxy) is 6. The van der Waals surface area contributed by atoms with E-state index in [9.17, 15) is 0 Å². The van der Waals surface area contributed by atoms with Crippen molar-refractivity contribution in [1.29, 1.82) is 0 Å². The van der Waals surface area contributed by atoms with Crippen molar-refractivity contribution >= 4 is 5.69 Å². The van der Waals surface area contributed by atoms with Gasteiger partial charge in [-0.1, -0.05) is 237 Å². The maximum Gasteiger partial charge on any atom is 0.119 e. The lowest BCUT2D eigenvalue weighted by molar-refractivity contribution is 0.0996. The smallest absolute Gasteiger partial charge is 0.119 e. The first kappa shape index (κ1) is 117. The van der Waals surface area contributed by atoms with Gasteiger partial charge in [0.2, 0.25) is 0 Å². The zero-order chi connectivity index (χ0) is 105. The van der Waals surface area contributed by atoms with Gasteiger partial charge in [-0.3, -0.25) is 9.97 Å². The van der Waals surface area contributed by atoms with Gasteiger partial charge in [-0.15, -0.1) is 0 Å². The Balaban J connectivity index is 0.000000150.